The Bertz CT molecular complexity index is 873. The number of hydrogen-bond acceptors (Lipinski definition) is 2. The van der Waals surface area contributed by atoms with E-state index in [1.165, 1.54) is 6.08 Å². The lowest BCUT2D eigenvalue weighted by atomic mass is 10.2. The molecule has 2 aromatic carbocycles. The van der Waals surface area contributed by atoms with Crippen LogP contribution in [0.2, 0.25) is 5.02 Å². The number of anilines is 1. The summed E-state index contributed by atoms with van der Waals surface area (Å²) < 4.78 is 1.62. The Labute approximate surface area is 144 Å². The van der Waals surface area contributed by atoms with E-state index in [0.29, 0.717) is 10.8 Å². The minimum atomic E-state index is -0.132. The second-order valence-electron chi connectivity index (χ2n) is 5.17. The molecule has 1 amide bonds. The molecule has 1 heterocycles. The second kappa shape index (κ2) is 7.10. The average molecular weight is 340 g/mol. The maximum atomic E-state index is 12.2. The SMILES string of the molecule is CN(C(=O)C=C[n+]1cnc(-c2cccc(Cl)c2)[nH]1)c1ccccc1. The third-order valence-corrected chi connectivity index (χ3v) is 3.73. The van der Waals surface area contributed by atoms with E-state index in [-0.39, 0.29) is 5.91 Å². The van der Waals surface area contributed by atoms with Gasteiger partial charge in [-0.2, -0.15) is 5.10 Å². The summed E-state index contributed by atoms with van der Waals surface area (Å²) >= 11 is 5.98. The molecule has 0 aliphatic carbocycles. The van der Waals surface area contributed by atoms with Gasteiger partial charge in [-0.05, 0) is 35.3 Å². The maximum Gasteiger partial charge on any atom is 0.312 e. The summed E-state index contributed by atoms with van der Waals surface area (Å²) in [5.41, 5.74) is 1.71. The Morgan fingerprint density at radius 1 is 1.21 bits per heavy atom. The number of carbonyl (C=O) groups is 1. The number of nitrogens with one attached hydrogen (secondary N) is 1. The van der Waals surface area contributed by atoms with E-state index in [2.05, 4.69) is 10.1 Å². The molecule has 0 saturated heterocycles. The molecule has 0 atom stereocenters. The highest BCUT2D eigenvalue weighted by atomic mass is 35.5. The summed E-state index contributed by atoms with van der Waals surface area (Å²) in [6.07, 6.45) is 4.71. The van der Waals surface area contributed by atoms with Crippen molar-refractivity contribution in [3.05, 3.63) is 72.0 Å². The lowest BCUT2D eigenvalue weighted by molar-refractivity contribution is -0.630. The molecule has 0 aliphatic heterocycles. The van der Waals surface area contributed by atoms with Crippen molar-refractivity contribution in [2.75, 3.05) is 11.9 Å². The molecular weight excluding hydrogens is 324 g/mol. The summed E-state index contributed by atoms with van der Waals surface area (Å²) in [5, 5.41) is 3.72. The van der Waals surface area contributed by atoms with Crippen LogP contribution in [0.15, 0.2) is 67.0 Å². The summed E-state index contributed by atoms with van der Waals surface area (Å²) in [6, 6.07) is 16.9. The van der Waals surface area contributed by atoms with E-state index in [1.807, 2.05) is 48.5 Å². The highest BCUT2D eigenvalue weighted by Gasteiger charge is 2.11. The molecule has 0 saturated carbocycles. The Kier molecular flexibility index (Phi) is 4.72. The van der Waals surface area contributed by atoms with Crippen LogP contribution in [-0.4, -0.2) is 23.0 Å². The van der Waals surface area contributed by atoms with Gasteiger partial charge in [0.25, 0.3) is 11.7 Å². The molecule has 0 bridgehead atoms. The molecule has 0 fully saturated rings. The van der Waals surface area contributed by atoms with Crippen LogP contribution in [0.5, 0.6) is 0 Å². The van der Waals surface area contributed by atoms with Gasteiger partial charge >= 0.3 is 6.33 Å². The van der Waals surface area contributed by atoms with Crippen LogP contribution in [0, 0.1) is 0 Å². The first kappa shape index (κ1) is 16.0. The van der Waals surface area contributed by atoms with Gasteiger partial charge in [-0.3, -0.25) is 4.79 Å². The molecule has 1 aromatic heterocycles. The summed E-state index contributed by atoms with van der Waals surface area (Å²) in [6.45, 7) is 0. The third kappa shape index (κ3) is 3.70. The highest BCUT2D eigenvalue weighted by Crippen LogP contribution is 2.18. The van der Waals surface area contributed by atoms with E-state index in [4.69, 9.17) is 11.6 Å². The summed E-state index contributed by atoms with van der Waals surface area (Å²) in [5.74, 6) is 0.540. The number of rotatable bonds is 4. The quantitative estimate of drug-likeness (QED) is 0.586. The molecule has 0 unspecified atom stereocenters. The number of carbonyl (C=O) groups excluding carboxylic acids is 1. The van der Waals surface area contributed by atoms with Crippen molar-refractivity contribution in [2.45, 2.75) is 0 Å². The number of likely N-dealkylation sites (N-methyl/N-ethyl adjacent to an activating group) is 1. The van der Waals surface area contributed by atoms with Gasteiger partial charge < -0.3 is 4.90 Å². The van der Waals surface area contributed by atoms with Crippen molar-refractivity contribution in [1.29, 1.82) is 0 Å². The monoisotopic (exact) mass is 339 g/mol. The van der Waals surface area contributed by atoms with Crippen molar-refractivity contribution in [3.63, 3.8) is 0 Å². The second-order valence-corrected chi connectivity index (χ2v) is 5.61. The number of aromatic nitrogens is 3. The van der Waals surface area contributed by atoms with Crippen LogP contribution in [0.3, 0.4) is 0 Å². The molecule has 6 heteroatoms. The fourth-order valence-corrected chi connectivity index (χ4v) is 2.38. The predicted molar refractivity (Wildman–Crippen MR) is 94.4 cm³/mol. The molecule has 0 aliphatic rings. The molecule has 5 nitrogen and oxygen atoms in total. The van der Waals surface area contributed by atoms with Crippen molar-refractivity contribution in [1.82, 2.24) is 10.1 Å². The summed E-state index contributed by atoms with van der Waals surface area (Å²) in [7, 11) is 1.73. The van der Waals surface area contributed by atoms with Crippen LogP contribution >= 0.6 is 11.6 Å². The zero-order valence-electron chi connectivity index (χ0n) is 13.1. The smallest absolute Gasteiger partial charge is 0.312 e. The van der Waals surface area contributed by atoms with E-state index >= 15 is 0 Å². The third-order valence-electron chi connectivity index (χ3n) is 3.50. The number of para-hydroxylation sites is 1. The largest absolute Gasteiger partial charge is 0.312 e. The minimum absolute atomic E-state index is 0.132. The van der Waals surface area contributed by atoms with Crippen LogP contribution in [0.25, 0.3) is 17.6 Å². The van der Waals surface area contributed by atoms with Crippen LogP contribution in [-0.2, 0) is 4.79 Å². The maximum absolute atomic E-state index is 12.2. The number of nitrogens with zero attached hydrogens (tertiary/aromatic N) is 3. The molecule has 1 N–H and O–H groups in total. The normalized spacial score (nSPS) is 10.9. The molecular formula is C18H16ClN4O+. The molecule has 0 radical (unpaired) electrons. The number of hydrogen-bond donors (Lipinski definition) is 1. The number of benzene rings is 2. The zero-order chi connectivity index (χ0) is 16.9. The lowest BCUT2D eigenvalue weighted by Crippen LogP contribution is -2.29. The van der Waals surface area contributed by atoms with Crippen LogP contribution in [0.1, 0.15) is 0 Å². The Morgan fingerprint density at radius 2 is 2.00 bits per heavy atom. The van der Waals surface area contributed by atoms with Crippen LogP contribution in [0.4, 0.5) is 5.69 Å². The van der Waals surface area contributed by atoms with Gasteiger partial charge in [0, 0.05) is 29.4 Å². The van der Waals surface area contributed by atoms with Gasteiger partial charge in [-0.1, -0.05) is 35.9 Å². The van der Waals surface area contributed by atoms with Gasteiger partial charge in [-0.15, -0.1) is 4.68 Å². The van der Waals surface area contributed by atoms with Gasteiger partial charge in [0.1, 0.15) is 6.20 Å². The molecule has 24 heavy (non-hydrogen) atoms. The van der Waals surface area contributed by atoms with E-state index in [1.54, 1.807) is 35.2 Å². The number of aromatic amines is 1. The van der Waals surface area contributed by atoms with Gasteiger partial charge in [0.2, 0.25) is 0 Å². The standard InChI is InChI=1S/C18H15ClN4O/c1-22(16-8-3-2-4-9-16)17(24)10-11-23-13-20-18(21-23)14-6-5-7-15(19)12-14/h2-13H,1H3/p+1. The van der Waals surface area contributed by atoms with Gasteiger partial charge in [0.05, 0.1) is 0 Å². The van der Waals surface area contributed by atoms with Crippen LogP contribution < -0.4 is 9.58 Å². The first-order valence-corrected chi connectivity index (χ1v) is 7.74. The zero-order valence-corrected chi connectivity index (χ0v) is 13.8. The van der Waals surface area contributed by atoms with Crippen molar-refractivity contribution in [2.24, 2.45) is 0 Å². The Hall–Kier alpha value is -2.92. The summed E-state index contributed by atoms with van der Waals surface area (Å²) in [4.78, 5) is 18.1. The molecule has 120 valence electrons. The Morgan fingerprint density at radius 3 is 2.75 bits per heavy atom. The van der Waals surface area contributed by atoms with E-state index in [0.717, 1.165) is 11.3 Å². The highest BCUT2D eigenvalue weighted by molar-refractivity contribution is 6.30. The van der Waals surface area contributed by atoms with E-state index < -0.39 is 0 Å². The first-order valence-electron chi connectivity index (χ1n) is 7.36. The predicted octanol–water partition coefficient (Wildman–Crippen LogP) is 3.15. The molecule has 0 spiro atoms. The average Bonchev–Trinajstić information content (AvgIpc) is 3.09. The number of halogens is 1. The van der Waals surface area contributed by atoms with Gasteiger partial charge in [-0.25, -0.2) is 0 Å². The fraction of sp³-hybridized carbons (Fsp3) is 0.0556. The van der Waals surface area contributed by atoms with Crippen molar-refractivity contribution >= 4 is 29.4 Å². The van der Waals surface area contributed by atoms with Crippen molar-refractivity contribution in [3.8, 4) is 11.4 Å². The number of H-pyrrole nitrogens is 1. The lowest BCUT2D eigenvalue weighted by Gasteiger charge is -2.14. The minimum Gasteiger partial charge on any atom is -0.312 e. The molecule has 3 aromatic rings. The fourth-order valence-electron chi connectivity index (χ4n) is 2.19. The first-order chi connectivity index (χ1) is 11.6. The molecule has 3 rings (SSSR count). The van der Waals surface area contributed by atoms with E-state index in [9.17, 15) is 4.79 Å². The van der Waals surface area contributed by atoms with Crippen molar-refractivity contribution < 1.29 is 9.48 Å². The Balaban J connectivity index is 1.72. The number of amides is 1. The van der Waals surface area contributed by atoms with Gasteiger partial charge in [0.15, 0.2) is 0 Å². The topological polar surface area (TPSA) is 52.9 Å².